The van der Waals surface area contributed by atoms with Gasteiger partial charge in [-0.3, -0.25) is 9.59 Å². The van der Waals surface area contributed by atoms with Crippen LogP contribution in [0.5, 0.6) is 0 Å². The quantitative estimate of drug-likeness (QED) is 0.0211. The molecule has 1 N–H and O–H groups in total. The van der Waals surface area contributed by atoms with Crippen molar-refractivity contribution >= 4 is 17.9 Å². The minimum absolute atomic E-state index is 0.172. The lowest BCUT2D eigenvalue weighted by atomic mass is 10.1. The molecular weight excluding hydrogens is 1030 g/mol. The van der Waals surface area contributed by atoms with Gasteiger partial charge in [0.05, 0.1) is 34.4 Å². The number of allylic oxidation sites excluding steroid dienone is 28. The average molecular weight is 1150 g/mol. The van der Waals surface area contributed by atoms with Crippen molar-refractivity contribution in [1.82, 2.24) is 0 Å². The molecule has 0 saturated heterocycles. The molecule has 0 bridgehead atoms. The maximum absolute atomic E-state index is 12.9. The fourth-order valence-corrected chi connectivity index (χ4v) is 8.02. The number of carboxylic acid groups (broad SMARTS) is 1. The molecule has 0 fully saturated rings. The normalized spacial score (nSPS) is 13.9. The number of carbonyl (C=O) groups excluding carboxylic acids is 2. The Morgan fingerprint density at radius 2 is 0.687 bits per heavy atom. The number of aliphatic carboxylic acids is 1. The van der Waals surface area contributed by atoms with Gasteiger partial charge in [0.15, 0.2) is 6.10 Å². The minimum atomic E-state index is -1.53. The van der Waals surface area contributed by atoms with Crippen LogP contribution >= 0.6 is 0 Å². The van der Waals surface area contributed by atoms with E-state index in [2.05, 4.69) is 184 Å². The molecule has 0 aliphatic heterocycles. The highest BCUT2D eigenvalue weighted by molar-refractivity contribution is 5.71. The summed E-state index contributed by atoms with van der Waals surface area (Å²) >= 11 is 0. The smallest absolute Gasteiger partial charge is 0.361 e. The van der Waals surface area contributed by atoms with Crippen LogP contribution in [0.15, 0.2) is 170 Å². The Labute approximate surface area is 507 Å². The third kappa shape index (κ3) is 64.1. The van der Waals surface area contributed by atoms with Crippen molar-refractivity contribution in [2.24, 2.45) is 0 Å². The number of likely N-dealkylation sites (N-methyl/N-ethyl adjacent to an activating group) is 1. The van der Waals surface area contributed by atoms with Crippen molar-refractivity contribution in [1.29, 1.82) is 0 Å². The SMILES string of the molecule is CC/C=C\C/C=C\C/C=C\C/C=C\C/C=C\C/C=C\C/C=C\C/C=C\C/C=C\C/C=C\C/C=C\C/C=C\CCCCCCC(=O)OC(COC(=O)CCCCCCCCC/C=C\C/C=C\CCCCC)COC(OCC[N+](C)(C)C)C(=O)O. The summed E-state index contributed by atoms with van der Waals surface area (Å²) in [6.45, 7) is 4.67. The molecular formula is C74H118NO8+. The van der Waals surface area contributed by atoms with Crippen LogP contribution in [0, 0.1) is 0 Å². The van der Waals surface area contributed by atoms with Crippen molar-refractivity contribution in [2.75, 3.05) is 47.5 Å². The molecule has 0 saturated carbocycles. The predicted octanol–water partition coefficient (Wildman–Crippen LogP) is 19.9. The fourth-order valence-electron chi connectivity index (χ4n) is 8.02. The molecule has 0 heterocycles. The van der Waals surface area contributed by atoms with E-state index < -0.39 is 24.3 Å². The van der Waals surface area contributed by atoms with Gasteiger partial charge in [-0.1, -0.05) is 242 Å². The van der Waals surface area contributed by atoms with E-state index in [0.717, 1.165) is 141 Å². The number of nitrogens with zero attached hydrogens (tertiary/aromatic N) is 1. The minimum Gasteiger partial charge on any atom is -0.477 e. The first-order valence-electron chi connectivity index (χ1n) is 32.3. The maximum Gasteiger partial charge on any atom is 0.361 e. The molecule has 466 valence electrons. The van der Waals surface area contributed by atoms with Crippen molar-refractivity contribution in [3.05, 3.63) is 170 Å². The van der Waals surface area contributed by atoms with Gasteiger partial charge >= 0.3 is 17.9 Å². The van der Waals surface area contributed by atoms with E-state index in [1.165, 1.54) is 44.9 Å². The number of hydrogen-bond donors (Lipinski definition) is 1. The Bertz CT molecular complexity index is 1960. The Hall–Kier alpha value is -5.35. The molecule has 0 spiro atoms. The molecule has 0 aromatic rings. The van der Waals surface area contributed by atoms with Crippen LogP contribution in [0.25, 0.3) is 0 Å². The highest BCUT2D eigenvalue weighted by Gasteiger charge is 2.25. The summed E-state index contributed by atoms with van der Waals surface area (Å²) < 4.78 is 22.8. The summed E-state index contributed by atoms with van der Waals surface area (Å²) in [6, 6.07) is 0. The third-order valence-electron chi connectivity index (χ3n) is 13.0. The van der Waals surface area contributed by atoms with Crippen LogP contribution in [-0.4, -0.2) is 87.4 Å². The summed E-state index contributed by atoms with van der Waals surface area (Å²) in [6.07, 6.45) is 91.6. The number of unbranched alkanes of at least 4 members (excludes halogenated alkanes) is 14. The van der Waals surface area contributed by atoms with E-state index >= 15 is 0 Å². The predicted molar refractivity (Wildman–Crippen MR) is 354 cm³/mol. The number of carbonyl (C=O) groups is 3. The first-order chi connectivity index (χ1) is 40.6. The molecule has 9 nitrogen and oxygen atoms in total. The van der Waals surface area contributed by atoms with Crippen LogP contribution in [0.2, 0.25) is 0 Å². The molecule has 0 rings (SSSR count). The second-order valence-electron chi connectivity index (χ2n) is 22.0. The zero-order valence-corrected chi connectivity index (χ0v) is 53.0. The number of quaternary nitrogens is 1. The summed E-state index contributed by atoms with van der Waals surface area (Å²) in [4.78, 5) is 37.5. The lowest BCUT2D eigenvalue weighted by Gasteiger charge is -2.25. The summed E-state index contributed by atoms with van der Waals surface area (Å²) in [5.74, 6) is -2.07. The van der Waals surface area contributed by atoms with Crippen molar-refractivity contribution < 1.29 is 42.9 Å². The lowest BCUT2D eigenvalue weighted by molar-refractivity contribution is -0.870. The Morgan fingerprint density at radius 3 is 1.02 bits per heavy atom. The number of carboxylic acids is 1. The van der Waals surface area contributed by atoms with Gasteiger partial charge in [0.25, 0.3) is 6.29 Å². The lowest BCUT2D eigenvalue weighted by Crippen LogP contribution is -2.40. The van der Waals surface area contributed by atoms with Gasteiger partial charge in [-0.05, 0) is 135 Å². The van der Waals surface area contributed by atoms with Crippen LogP contribution in [0.1, 0.15) is 219 Å². The Morgan fingerprint density at radius 1 is 0.373 bits per heavy atom. The van der Waals surface area contributed by atoms with Gasteiger partial charge in [-0.2, -0.15) is 0 Å². The van der Waals surface area contributed by atoms with Crippen LogP contribution in [-0.2, 0) is 33.3 Å². The van der Waals surface area contributed by atoms with Gasteiger partial charge in [0, 0.05) is 12.8 Å². The summed E-state index contributed by atoms with van der Waals surface area (Å²) in [5, 5.41) is 9.71. The zero-order valence-electron chi connectivity index (χ0n) is 53.0. The van der Waals surface area contributed by atoms with Crippen LogP contribution in [0.4, 0.5) is 0 Å². The second-order valence-corrected chi connectivity index (χ2v) is 22.0. The number of rotatable bonds is 57. The third-order valence-corrected chi connectivity index (χ3v) is 13.0. The van der Waals surface area contributed by atoms with E-state index in [1.54, 1.807) is 0 Å². The molecule has 0 amide bonds. The van der Waals surface area contributed by atoms with E-state index in [4.69, 9.17) is 18.9 Å². The highest BCUT2D eigenvalue weighted by Crippen LogP contribution is 2.13. The van der Waals surface area contributed by atoms with Crippen molar-refractivity contribution in [3.63, 3.8) is 0 Å². The Balaban J connectivity index is 4.26. The maximum atomic E-state index is 12.9. The van der Waals surface area contributed by atoms with Gasteiger partial charge in [-0.25, -0.2) is 4.79 Å². The topological polar surface area (TPSA) is 108 Å². The van der Waals surface area contributed by atoms with Gasteiger partial charge in [0.2, 0.25) is 0 Å². The van der Waals surface area contributed by atoms with Gasteiger partial charge in [0.1, 0.15) is 13.2 Å². The fraction of sp³-hybridized carbons (Fsp3) is 0.581. The molecule has 83 heavy (non-hydrogen) atoms. The van der Waals surface area contributed by atoms with E-state index in [-0.39, 0.29) is 38.6 Å². The van der Waals surface area contributed by atoms with Gasteiger partial charge in [-0.15, -0.1) is 0 Å². The van der Waals surface area contributed by atoms with Crippen molar-refractivity contribution in [3.8, 4) is 0 Å². The summed E-state index contributed by atoms with van der Waals surface area (Å²) in [7, 11) is 5.94. The molecule has 0 radical (unpaired) electrons. The van der Waals surface area contributed by atoms with E-state index in [1.807, 2.05) is 21.1 Å². The molecule has 9 heteroatoms. The van der Waals surface area contributed by atoms with Crippen molar-refractivity contribution in [2.45, 2.75) is 232 Å². The van der Waals surface area contributed by atoms with E-state index in [0.29, 0.717) is 17.4 Å². The van der Waals surface area contributed by atoms with E-state index in [9.17, 15) is 19.5 Å². The second kappa shape index (κ2) is 62.7. The molecule has 2 unspecified atom stereocenters. The molecule has 2 atom stereocenters. The number of ether oxygens (including phenoxy) is 4. The monoisotopic (exact) mass is 1150 g/mol. The largest absolute Gasteiger partial charge is 0.477 e. The zero-order chi connectivity index (χ0) is 60.5. The average Bonchev–Trinajstić information content (AvgIpc) is 3.46. The first kappa shape index (κ1) is 77.7. The van der Waals surface area contributed by atoms with Crippen LogP contribution in [0.3, 0.4) is 0 Å². The Kier molecular flexibility index (Phi) is 58.6. The highest BCUT2D eigenvalue weighted by atomic mass is 16.7. The van der Waals surface area contributed by atoms with Crippen LogP contribution < -0.4 is 0 Å². The summed E-state index contributed by atoms with van der Waals surface area (Å²) in [5.41, 5.74) is 0. The molecule has 0 aromatic heterocycles. The standard InChI is InChI=1S/C74H117NO8/c1-6-8-10-12-14-16-18-20-22-24-25-26-27-28-29-30-31-32-33-34-35-36-37-38-39-40-41-42-43-44-45-46-47-49-51-53-55-57-59-61-63-65-72(77)83-70(69-82-74(73(78)79)80-67-66-75(3,4)5)68-81-71(76)64-62-60-58-56-54-52-50-48-23-21-19-17-15-13-11-9-7-2/h8,10,14-17,20-23,25-26,28-29,31-32,34-35,37-38,40-41,43-44,46-47,51,53,70,74H,6-7,9,11-13,18-19,24,27,30,33,36,39,42,45,48-50,52,54-69H2,1-5H3/p+1/b10-8-,16-14-,17-15-,22-20-,23-21-,26-25-,29-28-,32-31-,35-34-,38-37-,41-40-,44-43-,47-46-,53-51-. The molecule has 0 aromatic carbocycles. The van der Waals surface area contributed by atoms with Gasteiger partial charge < -0.3 is 28.5 Å². The molecule has 0 aliphatic rings. The molecule has 0 aliphatic carbocycles. The first-order valence-corrected chi connectivity index (χ1v) is 32.3. The number of esters is 2. The number of hydrogen-bond acceptors (Lipinski definition) is 7.